The highest BCUT2D eigenvalue weighted by molar-refractivity contribution is 5.92. The number of nitrogens with zero attached hydrogens (tertiary/aromatic N) is 2. The molecule has 1 aromatic heterocycles. The van der Waals surface area contributed by atoms with Crippen molar-refractivity contribution in [3.05, 3.63) is 59.7 Å². The molecule has 1 amide bonds. The molecule has 3 rings (SSSR count). The zero-order chi connectivity index (χ0) is 17.8. The van der Waals surface area contributed by atoms with Gasteiger partial charge in [0.1, 0.15) is 11.5 Å². The quantitative estimate of drug-likeness (QED) is 0.886. The van der Waals surface area contributed by atoms with Gasteiger partial charge in [-0.1, -0.05) is 12.1 Å². The Bertz CT molecular complexity index is 731. The van der Waals surface area contributed by atoms with Crippen molar-refractivity contribution in [1.82, 2.24) is 14.8 Å². The van der Waals surface area contributed by atoms with E-state index in [2.05, 4.69) is 4.98 Å². The van der Waals surface area contributed by atoms with Crippen LogP contribution in [0.1, 0.15) is 16.1 Å². The number of nitrogens with one attached hydrogen (secondary N) is 1. The van der Waals surface area contributed by atoms with Crippen molar-refractivity contribution in [1.29, 1.82) is 0 Å². The predicted molar refractivity (Wildman–Crippen MR) is 89.5 cm³/mol. The Hall–Kier alpha value is -2.67. The highest BCUT2D eigenvalue weighted by atomic mass is 19.1. The number of hydrogen-bond acceptors (Lipinski definition) is 3. The van der Waals surface area contributed by atoms with Gasteiger partial charge in [0.15, 0.2) is 0 Å². The molecule has 1 atom stereocenters. The number of benzene rings is 1. The monoisotopic (exact) mass is 345 g/mol. The molecule has 2 aromatic rings. The molecular formula is C18H20FN3O3. The summed E-state index contributed by atoms with van der Waals surface area (Å²) in [7, 11) is 0. The number of halogens is 1. The standard InChI is InChI=1S/C18H20FN3O3/c19-15-5-3-13(4-6-15)10-21-8-9-22(12-14(11-21)18(24)25)17(23)16-2-1-7-20-16/h1-7,14,20H,8-12H2,(H,24,25). The van der Waals surface area contributed by atoms with Gasteiger partial charge < -0.3 is 15.0 Å². The van der Waals surface area contributed by atoms with Crippen molar-refractivity contribution in [3.8, 4) is 0 Å². The zero-order valence-electron chi connectivity index (χ0n) is 13.7. The topological polar surface area (TPSA) is 76.6 Å². The smallest absolute Gasteiger partial charge is 0.309 e. The van der Waals surface area contributed by atoms with E-state index >= 15 is 0 Å². The summed E-state index contributed by atoms with van der Waals surface area (Å²) in [6.07, 6.45) is 1.67. The molecule has 132 valence electrons. The number of hydrogen-bond donors (Lipinski definition) is 2. The summed E-state index contributed by atoms with van der Waals surface area (Å²) < 4.78 is 13.0. The lowest BCUT2D eigenvalue weighted by molar-refractivity contribution is -0.142. The Morgan fingerprint density at radius 3 is 2.56 bits per heavy atom. The SMILES string of the molecule is O=C(O)C1CN(Cc2ccc(F)cc2)CCN(C(=O)c2ccc[nH]2)C1. The van der Waals surface area contributed by atoms with Gasteiger partial charge in [-0.05, 0) is 29.8 Å². The molecule has 2 heterocycles. The predicted octanol–water partition coefficient (Wildman–Crippen LogP) is 1.81. The molecule has 2 N–H and O–H groups in total. The molecule has 1 aliphatic heterocycles. The lowest BCUT2D eigenvalue weighted by Crippen LogP contribution is -2.38. The lowest BCUT2D eigenvalue weighted by atomic mass is 10.1. The first-order valence-corrected chi connectivity index (χ1v) is 8.15. The number of carboxylic acids is 1. The largest absolute Gasteiger partial charge is 0.481 e. The molecule has 0 spiro atoms. The van der Waals surface area contributed by atoms with E-state index in [1.807, 2.05) is 4.90 Å². The summed E-state index contributed by atoms with van der Waals surface area (Å²) in [5, 5.41) is 9.49. The summed E-state index contributed by atoms with van der Waals surface area (Å²) in [4.78, 5) is 30.5. The molecule has 0 saturated carbocycles. The summed E-state index contributed by atoms with van der Waals surface area (Å²) in [6.45, 7) is 2.05. The minimum absolute atomic E-state index is 0.174. The normalized spacial score (nSPS) is 18.8. The van der Waals surface area contributed by atoms with E-state index in [1.165, 1.54) is 12.1 Å². The molecule has 1 unspecified atom stereocenters. The maximum absolute atomic E-state index is 13.0. The summed E-state index contributed by atoms with van der Waals surface area (Å²) in [6, 6.07) is 9.58. The second-order valence-electron chi connectivity index (χ2n) is 6.23. The Kier molecular flexibility index (Phi) is 5.14. The fraction of sp³-hybridized carbons (Fsp3) is 0.333. The molecular weight excluding hydrogens is 325 g/mol. The van der Waals surface area contributed by atoms with Gasteiger partial charge in [-0.2, -0.15) is 0 Å². The number of carboxylic acid groups (broad SMARTS) is 1. The van der Waals surface area contributed by atoms with Crippen molar-refractivity contribution in [2.45, 2.75) is 6.54 Å². The molecule has 1 aliphatic rings. The van der Waals surface area contributed by atoms with Crippen molar-refractivity contribution >= 4 is 11.9 Å². The van der Waals surface area contributed by atoms with Crippen molar-refractivity contribution in [3.63, 3.8) is 0 Å². The van der Waals surface area contributed by atoms with E-state index < -0.39 is 11.9 Å². The lowest BCUT2D eigenvalue weighted by Gasteiger charge is -2.21. The molecule has 25 heavy (non-hydrogen) atoms. The maximum atomic E-state index is 13.0. The van der Waals surface area contributed by atoms with Crippen LogP contribution in [0.25, 0.3) is 0 Å². The third-order valence-electron chi connectivity index (χ3n) is 4.39. The number of rotatable bonds is 4. The number of amides is 1. The number of carbonyl (C=O) groups is 2. The van der Waals surface area contributed by atoms with Crippen LogP contribution in [-0.2, 0) is 11.3 Å². The second-order valence-corrected chi connectivity index (χ2v) is 6.23. The Balaban J connectivity index is 1.72. The average molecular weight is 345 g/mol. The van der Waals surface area contributed by atoms with Crippen LogP contribution in [0.4, 0.5) is 4.39 Å². The van der Waals surface area contributed by atoms with E-state index in [0.717, 1.165) is 5.56 Å². The van der Waals surface area contributed by atoms with Crippen molar-refractivity contribution in [2.24, 2.45) is 5.92 Å². The van der Waals surface area contributed by atoms with Crippen LogP contribution in [0.15, 0.2) is 42.6 Å². The van der Waals surface area contributed by atoms with Gasteiger partial charge in [0.25, 0.3) is 5.91 Å². The fourth-order valence-electron chi connectivity index (χ4n) is 3.05. The minimum atomic E-state index is -0.921. The molecule has 0 aliphatic carbocycles. The maximum Gasteiger partial charge on any atom is 0.309 e. The third-order valence-corrected chi connectivity index (χ3v) is 4.39. The second kappa shape index (κ2) is 7.48. The van der Waals surface area contributed by atoms with Gasteiger partial charge in [0, 0.05) is 38.9 Å². The van der Waals surface area contributed by atoms with E-state index in [4.69, 9.17) is 0 Å². The van der Waals surface area contributed by atoms with Crippen LogP contribution in [0.5, 0.6) is 0 Å². The Labute approximate surface area is 144 Å². The van der Waals surface area contributed by atoms with Crippen LogP contribution in [0.3, 0.4) is 0 Å². The first kappa shape index (κ1) is 17.2. The van der Waals surface area contributed by atoms with Crippen molar-refractivity contribution in [2.75, 3.05) is 26.2 Å². The molecule has 7 heteroatoms. The Morgan fingerprint density at radius 1 is 1.16 bits per heavy atom. The Morgan fingerprint density at radius 2 is 1.92 bits per heavy atom. The fourth-order valence-corrected chi connectivity index (χ4v) is 3.05. The zero-order valence-corrected chi connectivity index (χ0v) is 13.7. The number of aliphatic carboxylic acids is 1. The number of aromatic nitrogens is 1. The van der Waals surface area contributed by atoms with Crippen molar-refractivity contribution < 1.29 is 19.1 Å². The van der Waals surface area contributed by atoms with Gasteiger partial charge in [0.05, 0.1) is 5.92 Å². The van der Waals surface area contributed by atoms with Crippen LogP contribution in [0.2, 0.25) is 0 Å². The highest BCUT2D eigenvalue weighted by Gasteiger charge is 2.30. The van der Waals surface area contributed by atoms with Gasteiger partial charge in [0.2, 0.25) is 0 Å². The number of H-pyrrole nitrogens is 1. The molecule has 0 bridgehead atoms. The van der Waals surface area contributed by atoms with Gasteiger partial charge in [-0.3, -0.25) is 14.5 Å². The van der Waals surface area contributed by atoms with E-state index in [-0.39, 0.29) is 18.3 Å². The molecule has 1 aromatic carbocycles. The van der Waals surface area contributed by atoms with E-state index in [1.54, 1.807) is 35.4 Å². The van der Waals surface area contributed by atoms with E-state index in [0.29, 0.717) is 31.9 Å². The third kappa shape index (κ3) is 4.24. The first-order chi connectivity index (χ1) is 12.0. The van der Waals surface area contributed by atoms with Crippen LogP contribution in [-0.4, -0.2) is 57.9 Å². The van der Waals surface area contributed by atoms with Crippen LogP contribution < -0.4 is 0 Å². The van der Waals surface area contributed by atoms with Crippen LogP contribution in [0, 0.1) is 11.7 Å². The van der Waals surface area contributed by atoms with E-state index in [9.17, 15) is 19.1 Å². The number of carbonyl (C=O) groups excluding carboxylic acids is 1. The van der Waals surface area contributed by atoms with Gasteiger partial charge in [-0.25, -0.2) is 4.39 Å². The molecule has 6 nitrogen and oxygen atoms in total. The molecule has 1 saturated heterocycles. The van der Waals surface area contributed by atoms with Gasteiger partial charge in [-0.15, -0.1) is 0 Å². The summed E-state index contributed by atoms with van der Waals surface area (Å²) >= 11 is 0. The highest BCUT2D eigenvalue weighted by Crippen LogP contribution is 2.16. The first-order valence-electron chi connectivity index (χ1n) is 8.15. The average Bonchev–Trinajstić information content (AvgIpc) is 3.04. The number of aromatic amines is 1. The van der Waals surface area contributed by atoms with Crippen LogP contribution >= 0.6 is 0 Å². The van der Waals surface area contributed by atoms with Gasteiger partial charge >= 0.3 is 5.97 Å². The minimum Gasteiger partial charge on any atom is -0.481 e. The molecule has 0 radical (unpaired) electrons. The summed E-state index contributed by atoms with van der Waals surface area (Å²) in [5.74, 6) is -2.08. The molecule has 1 fully saturated rings. The summed E-state index contributed by atoms with van der Waals surface area (Å²) in [5.41, 5.74) is 1.37.